The van der Waals surface area contributed by atoms with Crippen LogP contribution < -0.4 is 4.90 Å². The molecule has 1 fully saturated rings. The van der Waals surface area contributed by atoms with Crippen LogP contribution in [-0.4, -0.2) is 37.8 Å². The SMILES string of the molecule is Cc1cc(C)n(-c2ncnc(N3CCCC(C)C3)c2[N+](=O)[O-])n1. The van der Waals surface area contributed by atoms with Crippen molar-refractivity contribution in [2.24, 2.45) is 5.92 Å². The second-order valence-electron chi connectivity index (χ2n) is 6.16. The summed E-state index contributed by atoms with van der Waals surface area (Å²) in [7, 11) is 0. The first-order valence-corrected chi connectivity index (χ1v) is 7.75. The smallest absolute Gasteiger partial charge is 0.350 e. The summed E-state index contributed by atoms with van der Waals surface area (Å²) in [4.78, 5) is 21.7. The molecule has 8 nitrogen and oxygen atoms in total. The molecule has 0 aliphatic carbocycles. The molecule has 0 saturated carbocycles. The van der Waals surface area contributed by atoms with Crippen LogP contribution >= 0.6 is 0 Å². The van der Waals surface area contributed by atoms with Gasteiger partial charge in [0.2, 0.25) is 11.6 Å². The highest BCUT2D eigenvalue weighted by Gasteiger charge is 2.30. The topological polar surface area (TPSA) is 90.0 Å². The second-order valence-corrected chi connectivity index (χ2v) is 6.16. The molecule has 1 unspecified atom stereocenters. The lowest BCUT2D eigenvalue weighted by Gasteiger charge is -2.31. The standard InChI is InChI=1S/C15H20N6O2/c1-10-5-4-6-19(8-10)14-13(21(22)23)15(17-9-16-14)20-12(3)7-11(2)18-20/h7,9-10H,4-6,8H2,1-3H3. The number of hydrogen-bond donors (Lipinski definition) is 0. The molecule has 1 atom stereocenters. The average Bonchev–Trinajstić information content (AvgIpc) is 2.85. The highest BCUT2D eigenvalue weighted by Crippen LogP contribution is 2.33. The van der Waals surface area contributed by atoms with Crippen molar-refractivity contribution in [3.05, 3.63) is 33.9 Å². The number of piperidine rings is 1. The molecule has 0 amide bonds. The Labute approximate surface area is 134 Å². The quantitative estimate of drug-likeness (QED) is 0.638. The van der Waals surface area contributed by atoms with E-state index in [9.17, 15) is 10.1 Å². The van der Waals surface area contributed by atoms with Gasteiger partial charge in [0.15, 0.2) is 0 Å². The van der Waals surface area contributed by atoms with E-state index < -0.39 is 4.92 Å². The van der Waals surface area contributed by atoms with Crippen LogP contribution in [0.1, 0.15) is 31.2 Å². The zero-order valence-corrected chi connectivity index (χ0v) is 13.6. The van der Waals surface area contributed by atoms with Crippen molar-refractivity contribution in [1.29, 1.82) is 0 Å². The molecular formula is C15H20N6O2. The van der Waals surface area contributed by atoms with Gasteiger partial charge < -0.3 is 4.90 Å². The van der Waals surface area contributed by atoms with E-state index in [4.69, 9.17) is 0 Å². The van der Waals surface area contributed by atoms with Gasteiger partial charge in [0.05, 0.1) is 10.6 Å². The van der Waals surface area contributed by atoms with Gasteiger partial charge in [-0.2, -0.15) is 5.10 Å². The van der Waals surface area contributed by atoms with Gasteiger partial charge in [-0.3, -0.25) is 10.1 Å². The maximum absolute atomic E-state index is 11.7. The molecule has 0 bridgehead atoms. The van der Waals surface area contributed by atoms with Crippen molar-refractivity contribution in [3.63, 3.8) is 0 Å². The minimum absolute atomic E-state index is 0.0761. The van der Waals surface area contributed by atoms with Crippen LogP contribution in [0.25, 0.3) is 5.82 Å². The van der Waals surface area contributed by atoms with E-state index in [2.05, 4.69) is 22.0 Å². The van der Waals surface area contributed by atoms with Crippen molar-refractivity contribution in [2.75, 3.05) is 18.0 Å². The molecule has 3 rings (SSSR count). The summed E-state index contributed by atoms with van der Waals surface area (Å²) in [6.45, 7) is 7.41. The molecule has 3 heterocycles. The van der Waals surface area contributed by atoms with Crippen LogP contribution in [0.4, 0.5) is 11.5 Å². The van der Waals surface area contributed by atoms with Crippen molar-refractivity contribution in [2.45, 2.75) is 33.6 Å². The van der Waals surface area contributed by atoms with E-state index in [-0.39, 0.29) is 11.5 Å². The number of aromatic nitrogens is 4. The molecule has 122 valence electrons. The van der Waals surface area contributed by atoms with Gasteiger partial charge in [-0.1, -0.05) is 6.92 Å². The zero-order valence-electron chi connectivity index (χ0n) is 13.6. The van der Waals surface area contributed by atoms with Crippen LogP contribution in [-0.2, 0) is 0 Å². The first-order chi connectivity index (χ1) is 11.0. The summed E-state index contributed by atoms with van der Waals surface area (Å²) in [5, 5.41) is 16.0. The number of aryl methyl sites for hydroxylation is 2. The van der Waals surface area contributed by atoms with E-state index in [0.29, 0.717) is 11.7 Å². The number of hydrogen-bond acceptors (Lipinski definition) is 6. The lowest BCUT2D eigenvalue weighted by atomic mass is 10.0. The fourth-order valence-electron chi connectivity index (χ4n) is 3.14. The highest BCUT2D eigenvalue weighted by atomic mass is 16.6. The van der Waals surface area contributed by atoms with Gasteiger partial charge in [-0.15, -0.1) is 0 Å². The van der Waals surface area contributed by atoms with Gasteiger partial charge in [-0.05, 0) is 38.7 Å². The minimum atomic E-state index is -0.402. The van der Waals surface area contributed by atoms with Crippen LogP contribution in [0.15, 0.2) is 12.4 Å². The van der Waals surface area contributed by atoms with Crippen molar-refractivity contribution in [1.82, 2.24) is 19.7 Å². The molecule has 1 aliphatic rings. The molecule has 0 aromatic carbocycles. The van der Waals surface area contributed by atoms with Gasteiger partial charge in [-0.25, -0.2) is 14.6 Å². The molecule has 1 aliphatic heterocycles. The van der Waals surface area contributed by atoms with Crippen molar-refractivity contribution >= 4 is 11.5 Å². The Kier molecular flexibility index (Phi) is 3.97. The molecule has 0 radical (unpaired) electrons. The van der Waals surface area contributed by atoms with Gasteiger partial charge in [0, 0.05) is 18.8 Å². The van der Waals surface area contributed by atoms with Crippen LogP contribution in [0.2, 0.25) is 0 Å². The second kappa shape index (κ2) is 5.94. The molecular weight excluding hydrogens is 296 g/mol. The number of nitro groups is 1. The van der Waals surface area contributed by atoms with Crippen LogP contribution in [0, 0.1) is 29.9 Å². The zero-order chi connectivity index (χ0) is 16.6. The lowest BCUT2D eigenvalue weighted by molar-refractivity contribution is -0.384. The summed E-state index contributed by atoms with van der Waals surface area (Å²) in [6, 6.07) is 1.87. The van der Waals surface area contributed by atoms with Gasteiger partial charge in [0.1, 0.15) is 6.33 Å². The maximum atomic E-state index is 11.7. The third kappa shape index (κ3) is 2.88. The molecule has 1 saturated heterocycles. The highest BCUT2D eigenvalue weighted by molar-refractivity contribution is 5.65. The third-order valence-corrected chi connectivity index (χ3v) is 4.13. The Bertz CT molecular complexity index is 742. The predicted molar refractivity (Wildman–Crippen MR) is 85.9 cm³/mol. The Balaban J connectivity index is 2.13. The molecule has 2 aromatic heterocycles. The summed E-state index contributed by atoms with van der Waals surface area (Å²) in [6.07, 6.45) is 3.53. The number of anilines is 1. The molecule has 8 heteroatoms. The summed E-state index contributed by atoms with van der Waals surface area (Å²) in [5.41, 5.74) is 1.53. The van der Waals surface area contributed by atoms with Crippen molar-refractivity contribution < 1.29 is 4.92 Å². The Morgan fingerprint density at radius 3 is 2.65 bits per heavy atom. The predicted octanol–water partition coefficient (Wildman–Crippen LogP) is 2.42. The fraction of sp³-hybridized carbons (Fsp3) is 0.533. The summed E-state index contributed by atoms with van der Waals surface area (Å²) in [5.74, 6) is 1.11. The van der Waals surface area contributed by atoms with Crippen molar-refractivity contribution in [3.8, 4) is 5.82 Å². The third-order valence-electron chi connectivity index (χ3n) is 4.13. The van der Waals surface area contributed by atoms with E-state index in [1.165, 1.54) is 11.0 Å². The Hall–Kier alpha value is -2.51. The fourth-order valence-corrected chi connectivity index (χ4v) is 3.14. The van der Waals surface area contributed by atoms with E-state index in [1.807, 2.05) is 24.8 Å². The molecule has 0 spiro atoms. The average molecular weight is 316 g/mol. The van der Waals surface area contributed by atoms with Gasteiger partial charge >= 0.3 is 5.69 Å². The molecule has 2 aromatic rings. The number of rotatable bonds is 3. The maximum Gasteiger partial charge on any atom is 0.355 e. The van der Waals surface area contributed by atoms with E-state index >= 15 is 0 Å². The van der Waals surface area contributed by atoms with Crippen LogP contribution in [0.5, 0.6) is 0 Å². The minimum Gasteiger partial charge on any atom is -0.350 e. The van der Waals surface area contributed by atoms with Crippen LogP contribution in [0.3, 0.4) is 0 Å². The first kappa shape index (κ1) is 15.4. The Morgan fingerprint density at radius 1 is 1.30 bits per heavy atom. The summed E-state index contributed by atoms with van der Waals surface area (Å²) < 4.78 is 1.52. The largest absolute Gasteiger partial charge is 0.355 e. The number of nitrogens with zero attached hydrogens (tertiary/aromatic N) is 6. The Morgan fingerprint density at radius 2 is 2.04 bits per heavy atom. The summed E-state index contributed by atoms with van der Waals surface area (Å²) >= 11 is 0. The lowest BCUT2D eigenvalue weighted by Crippen LogP contribution is -2.35. The molecule has 0 N–H and O–H groups in total. The normalized spacial score (nSPS) is 18.2. The monoisotopic (exact) mass is 316 g/mol. The van der Waals surface area contributed by atoms with Gasteiger partial charge in [0.25, 0.3) is 0 Å². The molecule has 23 heavy (non-hydrogen) atoms. The first-order valence-electron chi connectivity index (χ1n) is 7.75. The van der Waals surface area contributed by atoms with E-state index in [1.54, 1.807) is 0 Å². The van der Waals surface area contributed by atoms with E-state index in [0.717, 1.165) is 37.3 Å².